The first kappa shape index (κ1) is 47.2. The summed E-state index contributed by atoms with van der Waals surface area (Å²) in [6.45, 7) is 19.3. The minimum atomic E-state index is -1.61. The van der Waals surface area contributed by atoms with Gasteiger partial charge >= 0.3 is 0 Å². The molecule has 25 atom stereocenters. The molecule has 63 heavy (non-hydrogen) atoms. The number of aliphatic hydroxyl groups is 8. The molecule has 2 bridgehead atoms. The van der Waals surface area contributed by atoms with Gasteiger partial charge in [0.15, 0.2) is 24.7 Å². The van der Waals surface area contributed by atoms with E-state index in [0.29, 0.717) is 25.4 Å². The molecular weight excluding hydrogens is 821 g/mol. The second-order valence-electron chi connectivity index (χ2n) is 22.9. The van der Waals surface area contributed by atoms with Crippen LogP contribution >= 0.6 is 0 Å². The maximum absolute atomic E-state index is 11.2. The lowest BCUT2D eigenvalue weighted by molar-refractivity contribution is -0.384. The quantitative estimate of drug-likeness (QED) is 0.135. The molecule has 9 fully saturated rings. The van der Waals surface area contributed by atoms with Gasteiger partial charge in [0.1, 0.15) is 54.9 Å². The van der Waals surface area contributed by atoms with Gasteiger partial charge in [0, 0.05) is 24.2 Å². The van der Waals surface area contributed by atoms with Crippen molar-refractivity contribution in [1.29, 1.82) is 0 Å². The largest absolute Gasteiger partial charge is 0.388 e. The first-order valence-electron chi connectivity index (χ1n) is 23.8. The summed E-state index contributed by atoms with van der Waals surface area (Å²) in [6, 6.07) is 0. The summed E-state index contributed by atoms with van der Waals surface area (Å²) in [5.41, 5.74) is -0.488. The fourth-order valence-electron chi connectivity index (χ4n) is 15.7. The van der Waals surface area contributed by atoms with E-state index in [1.54, 1.807) is 13.8 Å². The third-order valence-corrected chi connectivity index (χ3v) is 18.8. The Morgan fingerprint density at radius 3 is 2.00 bits per heavy atom. The SMILES string of the molecule is CC(C)=CC1CC(C)(OC2OC(C)C(O)C(O)C2O)C2C3CCC4C5(C)CCC(OC6OCC(O)C(O)C6OC6OC(C)C(O)C(O)C6O)C(C)(C)C5CCC4(C)C34COC2(C4)O1. The Labute approximate surface area is 371 Å². The van der Waals surface area contributed by atoms with Crippen LogP contribution in [0.1, 0.15) is 114 Å². The molecule has 2 spiro atoms. The Kier molecular flexibility index (Phi) is 12.1. The summed E-state index contributed by atoms with van der Waals surface area (Å²) in [5.74, 6) is -0.268. The van der Waals surface area contributed by atoms with Crippen LogP contribution < -0.4 is 0 Å². The molecule has 360 valence electrons. The Morgan fingerprint density at radius 2 is 1.33 bits per heavy atom. The van der Waals surface area contributed by atoms with Crippen molar-refractivity contribution in [2.75, 3.05) is 13.2 Å². The highest BCUT2D eigenvalue weighted by atomic mass is 16.8. The van der Waals surface area contributed by atoms with Crippen molar-refractivity contribution in [3.8, 4) is 0 Å². The Bertz CT molecular complexity index is 1730. The lowest BCUT2D eigenvalue weighted by Gasteiger charge is -2.70. The maximum atomic E-state index is 11.2. The van der Waals surface area contributed by atoms with E-state index in [4.69, 9.17) is 37.9 Å². The number of aliphatic hydroxyl groups excluding tert-OH is 8. The van der Waals surface area contributed by atoms with E-state index in [2.05, 4.69) is 54.5 Å². The highest BCUT2D eigenvalue weighted by molar-refractivity contribution is 5.27. The van der Waals surface area contributed by atoms with Crippen LogP contribution in [0.4, 0.5) is 0 Å². The molecular formula is C47H76O16. The Balaban J connectivity index is 0.970. The molecule has 5 heterocycles. The third-order valence-electron chi connectivity index (χ3n) is 18.8. The van der Waals surface area contributed by atoms with Gasteiger partial charge in [-0.1, -0.05) is 39.3 Å². The van der Waals surface area contributed by atoms with E-state index >= 15 is 0 Å². The number of allylic oxidation sites excluding steroid dienone is 1. The van der Waals surface area contributed by atoms with Crippen molar-refractivity contribution < 1.29 is 78.7 Å². The van der Waals surface area contributed by atoms with E-state index in [9.17, 15) is 40.9 Å². The van der Waals surface area contributed by atoms with Crippen molar-refractivity contribution in [2.45, 2.75) is 223 Å². The topological polar surface area (TPSA) is 236 Å². The van der Waals surface area contributed by atoms with Gasteiger partial charge in [-0.2, -0.15) is 0 Å². The first-order chi connectivity index (χ1) is 29.4. The molecule has 8 N–H and O–H groups in total. The van der Waals surface area contributed by atoms with E-state index < -0.39 is 97.4 Å². The van der Waals surface area contributed by atoms with Crippen LogP contribution in [-0.2, 0) is 37.9 Å². The molecule has 0 aromatic rings. The van der Waals surface area contributed by atoms with Gasteiger partial charge in [-0.15, -0.1) is 0 Å². The zero-order valence-corrected chi connectivity index (χ0v) is 38.5. The van der Waals surface area contributed by atoms with Gasteiger partial charge in [-0.05, 0) is 107 Å². The maximum Gasteiger partial charge on any atom is 0.187 e. The molecule has 16 heteroatoms. The number of rotatable bonds is 7. The van der Waals surface area contributed by atoms with Crippen molar-refractivity contribution in [3.05, 3.63) is 11.6 Å². The fraction of sp³-hybridized carbons (Fsp3) is 0.957. The lowest BCUT2D eigenvalue weighted by Crippen LogP contribution is -2.68. The average molecular weight is 897 g/mol. The molecule has 9 rings (SSSR count). The van der Waals surface area contributed by atoms with Gasteiger partial charge < -0.3 is 78.7 Å². The van der Waals surface area contributed by atoms with Crippen LogP contribution in [-0.4, -0.2) is 164 Å². The first-order valence-corrected chi connectivity index (χ1v) is 23.8. The molecule has 0 aromatic carbocycles. The van der Waals surface area contributed by atoms with Gasteiger partial charge in [-0.3, -0.25) is 0 Å². The molecule has 5 saturated heterocycles. The second-order valence-corrected chi connectivity index (χ2v) is 22.9. The molecule has 4 aliphatic carbocycles. The van der Waals surface area contributed by atoms with Crippen molar-refractivity contribution in [1.82, 2.24) is 0 Å². The van der Waals surface area contributed by atoms with E-state index in [1.807, 2.05) is 0 Å². The van der Waals surface area contributed by atoms with Crippen molar-refractivity contribution in [2.24, 2.45) is 45.3 Å². The average Bonchev–Trinajstić information content (AvgIpc) is 3.73. The zero-order valence-electron chi connectivity index (χ0n) is 38.5. The lowest BCUT2D eigenvalue weighted by atomic mass is 9.35. The summed E-state index contributed by atoms with van der Waals surface area (Å²) in [5, 5.41) is 85.9. The smallest absolute Gasteiger partial charge is 0.187 e. The minimum absolute atomic E-state index is 0.0653. The third kappa shape index (κ3) is 7.04. The molecule has 0 amide bonds. The highest BCUT2D eigenvalue weighted by Gasteiger charge is 2.81. The van der Waals surface area contributed by atoms with E-state index in [1.165, 1.54) is 0 Å². The highest BCUT2D eigenvalue weighted by Crippen LogP contribution is 2.80. The number of hydrogen-bond acceptors (Lipinski definition) is 16. The number of hydrogen-bond donors (Lipinski definition) is 8. The second kappa shape index (κ2) is 16.1. The number of ether oxygens (including phenoxy) is 8. The van der Waals surface area contributed by atoms with Crippen LogP contribution in [0.25, 0.3) is 0 Å². The standard InChI is InChI=1S/C47H76O16/c1-21(2)16-24-17-45(9,63-40-36(55)34(53)31(50)23(4)59-40)38-25-10-11-28-43(7)14-13-29(42(5,6)27(43)12-15-44(28,8)46(25)19-47(38,62-24)57-20-46)60-41-37(32(51)26(48)18-56-41)61-39-35(54)33(52)30(49)22(3)58-39/h16,22-41,48-55H,10-15,17-20H2,1-9H3. The normalized spacial score (nSPS) is 58.6. The molecule has 0 aromatic heterocycles. The van der Waals surface area contributed by atoms with Crippen molar-refractivity contribution in [3.63, 3.8) is 0 Å². The van der Waals surface area contributed by atoms with Gasteiger partial charge in [0.2, 0.25) is 0 Å². The van der Waals surface area contributed by atoms with Gasteiger partial charge in [-0.25, -0.2) is 0 Å². The van der Waals surface area contributed by atoms with Crippen LogP contribution in [0.15, 0.2) is 11.6 Å². The van der Waals surface area contributed by atoms with Crippen LogP contribution in [0.5, 0.6) is 0 Å². The minimum Gasteiger partial charge on any atom is -0.388 e. The zero-order chi connectivity index (χ0) is 45.6. The predicted octanol–water partition coefficient (Wildman–Crippen LogP) is 2.02. The van der Waals surface area contributed by atoms with Gasteiger partial charge in [0.25, 0.3) is 0 Å². The summed E-state index contributed by atoms with van der Waals surface area (Å²) in [6.07, 6.45) is -9.51. The molecule has 4 saturated carbocycles. The summed E-state index contributed by atoms with van der Waals surface area (Å²) in [7, 11) is 0. The van der Waals surface area contributed by atoms with Crippen molar-refractivity contribution >= 4 is 0 Å². The Hall–Kier alpha value is -0.900. The van der Waals surface area contributed by atoms with Crippen LogP contribution in [0, 0.1) is 45.3 Å². The van der Waals surface area contributed by atoms with Gasteiger partial charge in [0.05, 0.1) is 43.2 Å². The monoisotopic (exact) mass is 897 g/mol. The van der Waals surface area contributed by atoms with Crippen LogP contribution in [0.2, 0.25) is 0 Å². The molecule has 9 aliphatic rings. The number of fused-ring (bicyclic) bond motifs is 4. The summed E-state index contributed by atoms with van der Waals surface area (Å²) < 4.78 is 51.9. The fourth-order valence-corrected chi connectivity index (χ4v) is 15.7. The summed E-state index contributed by atoms with van der Waals surface area (Å²) >= 11 is 0. The van der Waals surface area contributed by atoms with E-state index in [-0.39, 0.29) is 58.2 Å². The molecule has 25 unspecified atom stereocenters. The summed E-state index contributed by atoms with van der Waals surface area (Å²) in [4.78, 5) is 0. The molecule has 0 radical (unpaired) electrons. The van der Waals surface area contributed by atoms with Crippen LogP contribution in [0.3, 0.4) is 0 Å². The Morgan fingerprint density at radius 1 is 0.683 bits per heavy atom. The van der Waals surface area contributed by atoms with E-state index in [0.717, 1.165) is 44.1 Å². The molecule has 16 nitrogen and oxygen atoms in total. The molecule has 5 aliphatic heterocycles. The predicted molar refractivity (Wildman–Crippen MR) is 222 cm³/mol.